The van der Waals surface area contributed by atoms with Crippen LogP contribution >= 0.6 is 0 Å². The molecular weight excluding hydrogens is 320 g/mol. The molecule has 0 spiro atoms. The van der Waals surface area contributed by atoms with Crippen LogP contribution in [0.25, 0.3) is 0 Å². The van der Waals surface area contributed by atoms with Crippen molar-refractivity contribution in [3.8, 4) is 5.75 Å². The van der Waals surface area contributed by atoms with E-state index >= 15 is 0 Å². The summed E-state index contributed by atoms with van der Waals surface area (Å²) in [4.78, 5) is 16.0. The third-order valence-corrected chi connectivity index (χ3v) is 3.97. The van der Waals surface area contributed by atoms with Crippen LogP contribution in [0.4, 0.5) is 10.5 Å². The number of rotatable bonds is 6. The summed E-state index contributed by atoms with van der Waals surface area (Å²) in [7, 11) is 0. The molecule has 0 bridgehead atoms. The zero-order chi connectivity index (χ0) is 17.5. The molecule has 2 aromatic rings. The molecule has 0 unspecified atom stereocenters. The number of nitrogens with one attached hydrogen (secondary N) is 2. The molecular formula is C18H22N4O3. The Morgan fingerprint density at radius 2 is 2.16 bits per heavy atom. The maximum Gasteiger partial charge on any atom is 0.319 e. The number of hydrogen-bond donors (Lipinski definition) is 2. The minimum atomic E-state index is -0.190. The molecule has 0 saturated carbocycles. The molecule has 1 heterocycles. The van der Waals surface area contributed by atoms with Gasteiger partial charge < -0.3 is 19.9 Å². The van der Waals surface area contributed by atoms with Gasteiger partial charge in [0.15, 0.2) is 12.4 Å². The Morgan fingerprint density at radius 3 is 2.84 bits per heavy atom. The normalized spacial score (nSPS) is 16.4. The fraction of sp³-hybridized carbons (Fsp3) is 0.389. The Balaban J connectivity index is 1.42. The lowest BCUT2D eigenvalue weighted by Gasteiger charge is -2.18. The fourth-order valence-electron chi connectivity index (χ4n) is 2.63. The fourth-order valence-corrected chi connectivity index (χ4v) is 2.63. The van der Waals surface area contributed by atoms with Crippen molar-refractivity contribution in [2.75, 3.05) is 11.9 Å². The quantitative estimate of drug-likeness (QED) is 0.785. The van der Waals surface area contributed by atoms with Gasteiger partial charge in [-0.2, -0.15) is 4.98 Å². The number of urea groups is 1. The zero-order valence-corrected chi connectivity index (χ0v) is 14.2. The average Bonchev–Trinajstić information content (AvgIpc) is 3.06. The smallest absolute Gasteiger partial charge is 0.319 e. The highest BCUT2D eigenvalue weighted by Crippen LogP contribution is 2.18. The first-order valence-corrected chi connectivity index (χ1v) is 8.41. The summed E-state index contributed by atoms with van der Waals surface area (Å²) in [6.45, 7) is 2.66. The highest BCUT2D eigenvalue weighted by Gasteiger charge is 2.11. The Hall–Kier alpha value is -2.83. The molecule has 132 valence electrons. The molecule has 2 amide bonds. The average molecular weight is 342 g/mol. The lowest BCUT2D eigenvalue weighted by Crippen LogP contribution is -2.33. The topological polar surface area (TPSA) is 89.3 Å². The maximum absolute atomic E-state index is 12.0. The minimum Gasteiger partial charge on any atom is -0.484 e. The molecule has 25 heavy (non-hydrogen) atoms. The first-order chi connectivity index (χ1) is 12.2. The van der Waals surface area contributed by atoms with Crippen LogP contribution in [0.3, 0.4) is 0 Å². The standard InChI is InChI=1S/C18H22N4O3/c1-13-20-17(25-22-13)12-24-16-9-7-15(8-10-16)21-18(23)19-11-14-5-3-2-4-6-14/h2-3,7-10,14H,4-6,11-12H2,1H3,(H2,19,21,23)/t14-/m1/s1. The second-order valence-electron chi connectivity index (χ2n) is 6.03. The van der Waals surface area contributed by atoms with Crippen LogP contribution in [0.1, 0.15) is 31.0 Å². The number of anilines is 1. The van der Waals surface area contributed by atoms with Gasteiger partial charge in [0.05, 0.1) is 0 Å². The van der Waals surface area contributed by atoms with Gasteiger partial charge in [-0.05, 0) is 56.4 Å². The van der Waals surface area contributed by atoms with Crippen molar-refractivity contribution in [3.63, 3.8) is 0 Å². The van der Waals surface area contributed by atoms with Crippen LogP contribution in [0.5, 0.6) is 5.75 Å². The summed E-state index contributed by atoms with van der Waals surface area (Å²) < 4.78 is 10.5. The number of carbonyl (C=O) groups is 1. The lowest BCUT2D eigenvalue weighted by atomic mass is 9.94. The number of amides is 2. The summed E-state index contributed by atoms with van der Waals surface area (Å²) >= 11 is 0. The summed E-state index contributed by atoms with van der Waals surface area (Å²) in [6.07, 6.45) is 7.63. The number of benzene rings is 1. The van der Waals surface area contributed by atoms with Crippen molar-refractivity contribution in [3.05, 3.63) is 48.1 Å². The van der Waals surface area contributed by atoms with Crippen LogP contribution in [0, 0.1) is 12.8 Å². The molecule has 1 atom stereocenters. The number of aryl methyl sites for hydroxylation is 1. The number of nitrogens with zero attached hydrogens (tertiary/aromatic N) is 2. The van der Waals surface area contributed by atoms with Gasteiger partial charge >= 0.3 is 6.03 Å². The van der Waals surface area contributed by atoms with Gasteiger partial charge in [0.1, 0.15) is 5.75 Å². The Kier molecular flexibility index (Phi) is 5.66. The second kappa shape index (κ2) is 8.32. The van der Waals surface area contributed by atoms with Crippen LogP contribution in [-0.2, 0) is 6.61 Å². The predicted molar refractivity (Wildman–Crippen MR) is 93.3 cm³/mol. The van der Waals surface area contributed by atoms with Crippen LogP contribution in [0.2, 0.25) is 0 Å². The molecule has 1 aromatic carbocycles. The van der Waals surface area contributed by atoms with Gasteiger partial charge in [0.2, 0.25) is 0 Å². The Morgan fingerprint density at radius 1 is 1.32 bits per heavy atom. The summed E-state index contributed by atoms with van der Waals surface area (Å²) in [5.74, 6) is 2.20. The molecule has 3 rings (SSSR count). The number of hydrogen-bond acceptors (Lipinski definition) is 5. The summed E-state index contributed by atoms with van der Waals surface area (Å²) in [5.41, 5.74) is 0.710. The minimum absolute atomic E-state index is 0.190. The van der Waals surface area contributed by atoms with Crippen molar-refractivity contribution < 1.29 is 14.1 Å². The Labute approximate surface area is 146 Å². The third kappa shape index (κ3) is 5.34. The first kappa shape index (κ1) is 17.0. The highest BCUT2D eigenvalue weighted by molar-refractivity contribution is 5.89. The first-order valence-electron chi connectivity index (χ1n) is 8.41. The van der Waals surface area contributed by atoms with E-state index in [4.69, 9.17) is 9.26 Å². The molecule has 1 aliphatic carbocycles. The molecule has 0 saturated heterocycles. The predicted octanol–water partition coefficient (Wildman–Crippen LogP) is 3.43. The van der Waals surface area contributed by atoms with Gasteiger partial charge in [-0.15, -0.1) is 0 Å². The molecule has 2 N–H and O–H groups in total. The zero-order valence-electron chi connectivity index (χ0n) is 14.2. The molecule has 0 fully saturated rings. The van der Waals surface area contributed by atoms with E-state index in [0.717, 1.165) is 19.3 Å². The van der Waals surface area contributed by atoms with Crippen molar-refractivity contribution >= 4 is 11.7 Å². The van der Waals surface area contributed by atoms with Gasteiger partial charge in [-0.1, -0.05) is 17.3 Å². The number of carbonyl (C=O) groups excluding carboxylic acids is 1. The summed E-state index contributed by atoms with van der Waals surface area (Å²) in [5, 5.41) is 9.45. The summed E-state index contributed by atoms with van der Waals surface area (Å²) in [6, 6.07) is 6.95. The Bertz CT molecular complexity index is 724. The molecule has 7 heteroatoms. The van der Waals surface area contributed by atoms with Gasteiger partial charge in [-0.3, -0.25) is 0 Å². The van der Waals surface area contributed by atoms with E-state index in [9.17, 15) is 4.79 Å². The molecule has 0 aliphatic heterocycles. The van der Waals surface area contributed by atoms with Crippen LogP contribution in [-0.4, -0.2) is 22.7 Å². The lowest BCUT2D eigenvalue weighted by molar-refractivity contribution is 0.242. The van der Waals surface area contributed by atoms with Gasteiger partial charge in [-0.25, -0.2) is 4.79 Å². The van der Waals surface area contributed by atoms with Crippen molar-refractivity contribution in [2.45, 2.75) is 32.8 Å². The van der Waals surface area contributed by atoms with Gasteiger partial charge in [0, 0.05) is 12.2 Å². The third-order valence-electron chi connectivity index (χ3n) is 3.97. The molecule has 7 nitrogen and oxygen atoms in total. The van der Waals surface area contributed by atoms with Crippen molar-refractivity contribution in [2.24, 2.45) is 5.92 Å². The monoisotopic (exact) mass is 342 g/mol. The van der Waals surface area contributed by atoms with E-state index in [1.54, 1.807) is 31.2 Å². The van der Waals surface area contributed by atoms with E-state index in [2.05, 4.69) is 32.9 Å². The van der Waals surface area contributed by atoms with E-state index < -0.39 is 0 Å². The second-order valence-corrected chi connectivity index (χ2v) is 6.03. The van der Waals surface area contributed by atoms with Crippen LogP contribution < -0.4 is 15.4 Å². The van der Waals surface area contributed by atoms with E-state index in [-0.39, 0.29) is 12.6 Å². The van der Waals surface area contributed by atoms with Crippen molar-refractivity contribution in [1.82, 2.24) is 15.5 Å². The number of ether oxygens (including phenoxy) is 1. The van der Waals surface area contributed by atoms with E-state index in [1.165, 1.54) is 0 Å². The van der Waals surface area contributed by atoms with Crippen LogP contribution in [0.15, 0.2) is 40.9 Å². The van der Waals surface area contributed by atoms with Crippen molar-refractivity contribution in [1.29, 1.82) is 0 Å². The largest absolute Gasteiger partial charge is 0.484 e. The van der Waals surface area contributed by atoms with Gasteiger partial charge in [0.25, 0.3) is 5.89 Å². The van der Waals surface area contributed by atoms with E-state index in [0.29, 0.717) is 35.6 Å². The SMILES string of the molecule is Cc1noc(COc2ccc(NC(=O)NC[C@@H]3CC=CCC3)cc2)n1. The number of aromatic nitrogens is 2. The number of allylic oxidation sites excluding steroid dienone is 2. The highest BCUT2D eigenvalue weighted by atomic mass is 16.5. The maximum atomic E-state index is 12.0. The van der Waals surface area contributed by atoms with E-state index in [1.807, 2.05) is 0 Å². The molecule has 1 aromatic heterocycles. The molecule has 1 aliphatic rings. The molecule has 0 radical (unpaired) electrons.